The highest BCUT2D eigenvalue weighted by Gasteiger charge is 2.27. The largest absolute Gasteiger partial charge is 0.392 e. The van der Waals surface area contributed by atoms with E-state index in [-0.39, 0.29) is 6.04 Å². The Morgan fingerprint density at radius 3 is 2.35 bits per heavy atom. The first-order valence-electron chi connectivity index (χ1n) is 6.53. The molecule has 2 N–H and O–H groups in total. The van der Waals surface area contributed by atoms with E-state index in [1.165, 1.54) is 12.8 Å². The second-order valence-electron chi connectivity index (χ2n) is 4.99. The zero-order chi connectivity index (χ0) is 12.3. The zero-order valence-corrected chi connectivity index (χ0v) is 11.4. The first-order valence-corrected chi connectivity index (χ1v) is 6.94. The average Bonchev–Trinajstić information content (AvgIpc) is 2.39. The van der Waals surface area contributed by atoms with Gasteiger partial charge in [0.15, 0.2) is 0 Å². The molecule has 2 aliphatic heterocycles. The number of nitrogens with zero attached hydrogens (tertiary/aromatic N) is 2. The molecule has 0 aromatic heterocycles. The maximum atomic E-state index is 5.70. The van der Waals surface area contributed by atoms with Gasteiger partial charge in [-0.25, -0.2) is 0 Å². The number of rotatable bonds is 3. The third kappa shape index (κ3) is 3.37. The Balaban J connectivity index is 1.79. The van der Waals surface area contributed by atoms with Gasteiger partial charge in [-0.3, -0.25) is 9.80 Å². The van der Waals surface area contributed by atoms with Crippen LogP contribution in [-0.4, -0.2) is 66.3 Å². The van der Waals surface area contributed by atoms with E-state index in [1.807, 2.05) is 0 Å². The van der Waals surface area contributed by atoms with Gasteiger partial charge in [0.1, 0.15) is 0 Å². The fourth-order valence-corrected chi connectivity index (χ4v) is 2.87. The quantitative estimate of drug-likeness (QED) is 0.744. The highest BCUT2D eigenvalue weighted by Crippen LogP contribution is 2.17. The minimum Gasteiger partial charge on any atom is -0.392 e. The fraction of sp³-hybridized carbons (Fsp3) is 0.917. The number of piperazine rings is 1. The Morgan fingerprint density at radius 1 is 1.24 bits per heavy atom. The van der Waals surface area contributed by atoms with Crippen molar-refractivity contribution in [2.75, 3.05) is 39.4 Å². The minimum atomic E-state index is 0.238. The molecule has 4 nitrogen and oxygen atoms in total. The molecule has 98 valence electrons. The number of thiocarbonyl (C=S) groups is 1. The van der Waals surface area contributed by atoms with Crippen molar-refractivity contribution in [1.29, 1.82) is 0 Å². The smallest absolute Gasteiger partial charge is 0.0899 e. The van der Waals surface area contributed by atoms with Crippen LogP contribution in [0.1, 0.15) is 19.8 Å². The van der Waals surface area contributed by atoms with Gasteiger partial charge in [0.05, 0.1) is 11.0 Å². The standard InChI is InChI=1S/C12H23N3OS/c1-10(12(13)17)14-4-6-15(7-5-14)11-2-8-16-9-3-11/h10-11H,2-9H2,1H3,(H2,13,17). The molecule has 2 saturated heterocycles. The van der Waals surface area contributed by atoms with E-state index in [0.29, 0.717) is 4.99 Å². The summed E-state index contributed by atoms with van der Waals surface area (Å²) < 4.78 is 5.41. The molecule has 1 unspecified atom stereocenters. The van der Waals surface area contributed by atoms with Crippen molar-refractivity contribution in [2.45, 2.75) is 31.8 Å². The summed E-state index contributed by atoms with van der Waals surface area (Å²) in [6, 6.07) is 0.966. The SMILES string of the molecule is CC(C(N)=S)N1CCN(C2CCOCC2)CC1. The van der Waals surface area contributed by atoms with E-state index in [9.17, 15) is 0 Å². The van der Waals surface area contributed by atoms with Crippen LogP contribution in [0.2, 0.25) is 0 Å². The lowest BCUT2D eigenvalue weighted by Crippen LogP contribution is -2.55. The van der Waals surface area contributed by atoms with Gasteiger partial charge in [-0.15, -0.1) is 0 Å². The van der Waals surface area contributed by atoms with Crippen LogP contribution in [0, 0.1) is 0 Å². The zero-order valence-electron chi connectivity index (χ0n) is 10.6. The van der Waals surface area contributed by atoms with Crippen LogP contribution >= 0.6 is 12.2 Å². The minimum absolute atomic E-state index is 0.238. The molecule has 0 aromatic carbocycles. The summed E-state index contributed by atoms with van der Waals surface area (Å²) in [4.78, 5) is 5.60. The molecule has 2 heterocycles. The molecule has 2 rings (SSSR count). The molecule has 0 spiro atoms. The van der Waals surface area contributed by atoms with Gasteiger partial charge < -0.3 is 10.5 Å². The molecule has 0 saturated carbocycles. The Kier molecular flexibility index (Phi) is 4.73. The fourth-order valence-electron chi connectivity index (χ4n) is 2.72. The third-order valence-corrected chi connectivity index (χ3v) is 4.36. The van der Waals surface area contributed by atoms with Crippen LogP contribution in [0.4, 0.5) is 0 Å². The van der Waals surface area contributed by atoms with E-state index in [1.54, 1.807) is 0 Å². The summed E-state index contributed by atoms with van der Waals surface area (Å²) >= 11 is 5.06. The Hall–Kier alpha value is -0.230. The first kappa shape index (κ1) is 13.2. The molecule has 0 bridgehead atoms. The molecule has 0 aromatic rings. The number of hydrogen-bond acceptors (Lipinski definition) is 4. The summed E-state index contributed by atoms with van der Waals surface area (Å²) in [5.41, 5.74) is 5.70. The maximum Gasteiger partial charge on any atom is 0.0899 e. The van der Waals surface area contributed by atoms with Gasteiger partial charge in [0.25, 0.3) is 0 Å². The molecular weight excluding hydrogens is 234 g/mol. The van der Waals surface area contributed by atoms with Gasteiger partial charge in [-0.1, -0.05) is 12.2 Å². The van der Waals surface area contributed by atoms with Gasteiger partial charge >= 0.3 is 0 Å². The topological polar surface area (TPSA) is 41.7 Å². The van der Waals surface area contributed by atoms with Crippen LogP contribution in [0.3, 0.4) is 0 Å². The van der Waals surface area contributed by atoms with Crippen LogP contribution in [0.15, 0.2) is 0 Å². The van der Waals surface area contributed by atoms with Gasteiger partial charge in [-0.2, -0.15) is 0 Å². The van der Waals surface area contributed by atoms with Gasteiger partial charge in [0, 0.05) is 45.4 Å². The summed E-state index contributed by atoms with van der Waals surface area (Å²) in [6.07, 6.45) is 2.37. The van der Waals surface area contributed by atoms with E-state index < -0.39 is 0 Å². The molecule has 0 aliphatic carbocycles. The lowest BCUT2D eigenvalue weighted by molar-refractivity contribution is 0.0119. The van der Waals surface area contributed by atoms with Gasteiger partial charge in [0.2, 0.25) is 0 Å². The lowest BCUT2D eigenvalue weighted by atomic mass is 10.1. The third-order valence-electron chi connectivity index (χ3n) is 4.02. The Bertz CT molecular complexity index is 260. The Morgan fingerprint density at radius 2 is 1.82 bits per heavy atom. The number of nitrogens with two attached hydrogens (primary N) is 1. The van der Waals surface area contributed by atoms with Gasteiger partial charge in [-0.05, 0) is 19.8 Å². The Labute approximate surface area is 109 Å². The van der Waals surface area contributed by atoms with Crippen molar-refractivity contribution in [2.24, 2.45) is 5.73 Å². The normalized spacial score (nSPS) is 26.9. The first-order chi connectivity index (χ1) is 8.18. The van der Waals surface area contributed by atoms with Crippen molar-refractivity contribution < 1.29 is 4.74 Å². The second-order valence-corrected chi connectivity index (χ2v) is 5.47. The molecule has 2 fully saturated rings. The summed E-state index contributed by atoms with van der Waals surface area (Å²) in [7, 11) is 0. The number of ether oxygens (including phenoxy) is 1. The van der Waals surface area contributed by atoms with Crippen LogP contribution in [0.5, 0.6) is 0 Å². The van der Waals surface area contributed by atoms with E-state index in [4.69, 9.17) is 22.7 Å². The van der Waals surface area contributed by atoms with Crippen molar-refractivity contribution in [3.63, 3.8) is 0 Å². The molecule has 5 heteroatoms. The molecule has 0 amide bonds. The lowest BCUT2D eigenvalue weighted by Gasteiger charge is -2.42. The van der Waals surface area contributed by atoms with E-state index in [0.717, 1.165) is 45.4 Å². The highest BCUT2D eigenvalue weighted by atomic mass is 32.1. The molecule has 0 radical (unpaired) electrons. The van der Waals surface area contributed by atoms with Crippen LogP contribution in [-0.2, 0) is 4.74 Å². The molecule has 17 heavy (non-hydrogen) atoms. The summed E-state index contributed by atoms with van der Waals surface area (Å²) in [6.45, 7) is 8.38. The second kappa shape index (κ2) is 6.09. The van der Waals surface area contributed by atoms with E-state index >= 15 is 0 Å². The summed E-state index contributed by atoms with van der Waals surface area (Å²) in [5.74, 6) is 0. The summed E-state index contributed by atoms with van der Waals surface area (Å²) in [5, 5.41) is 0. The monoisotopic (exact) mass is 257 g/mol. The van der Waals surface area contributed by atoms with Crippen molar-refractivity contribution >= 4 is 17.2 Å². The van der Waals surface area contributed by atoms with Crippen molar-refractivity contribution in [3.05, 3.63) is 0 Å². The average molecular weight is 257 g/mol. The van der Waals surface area contributed by atoms with E-state index in [2.05, 4.69) is 16.7 Å². The van der Waals surface area contributed by atoms with Crippen LogP contribution in [0.25, 0.3) is 0 Å². The highest BCUT2D eigenvalue weighted by molar-refractivity contribution is 7.80. The number of hydrogen-bond donors (Lipinski definition) is 1. The molecular formula is C12H23N3OS. The predicted octanol–water partition coefficient (Wildman–Crippen LogP) is 0.458. The van der Waals surface area contributed by atoms with Crippen molar-refractivity contribution in [3.8, 4) is 0 Å². The molecule has 1 atom stereocenters. The van der Waals surface area contributed by atoms with Crippen molar-refractivity contribution in [1.82, 2.24) is 9.80 Å². The molecule has 2 aliphatic rings. The predicted molar refractivity (Wildman–Crippen MR) is 73.2 cm³/mol. The van der Waals surface area contributed by atoms with Crippen LogP contribution < -0.4 is 5.73 Å². The maximum absolute atomic E-state index is 5.70.